The number of nitrogens with one attached hydrogen (secondary N) is 2. The van der Waals surface area contributed by atoms with Crippen LogP contribution in [-0.4, -0.2) is 38.8 Å². The van der Waals surface area contributed by atoms with Crippen molar-refractivity contribution in [2.24, 2.45) is 0 Å². The maximum absolute atomic E-state index is 11.8. The lowest BCUT2D eigenvalue weighted by atomic mass is 10.3. The fourth-order valence-corrected chi connectivity index (χ4v) is 2.14. The molecule has 0 spiro atoms. The highest BCUT2D eigenvalue weighted by atomic mass is 35.5. The first-order chi connectivity index (χ1) is 8.65. The molecule has 0 radical (unpaired) electrons. The number of amides is 1. The van der Waals surface area contributed by atoms with Crippen LogP contribution in [0.25, 0.3) is 0 Å². The molecule has 0 bridgehead atoms. The molecule has 0 saturated carbocycles. The van der Waals surface area contributed by atoms with Gasteiger partial charge < -0.3 is 15.0 Å². The number of carbonyl (C=O) groups is 1. The van der Waals surface area contributed by atoms with E-state index in [0.29, 0.717) is 22.3 Å². The monoisotopic (exact) mass is 289 g/mol. The molecule has 0 unspecified atom stereocenters. The number of carbonyl (C=O) groups excluding carboxylic acids is 1. The Bertz CT molecular complexity index is 434. The van der Waals surface area contributed by atoms with E-state index in [2.05, 4.69) is 5.32 Å². The average molecular weight is 290 g/mol. The second kappa shape index (κ2) is 6.38. The summed E-state index contributed by atoms with van der Waals surface area (Å²) >= 11 is 11.7. The summed E-state index contributed by atoms with van der Waals surface area (Å²) in [5.41, 5.74) is 0.669. The van der Waals surface area contributed by atoms with Crippen LogP contribution >= 0.6 is 23.2 Å². The maximum atomic E-state index is 11.8. The fourth-order valence-electron chi connectivity index (χ4n) is 1.84. The second-order valence-electron chi connectivity index (χ2n) is 4.22. The summed E-state index contributed by atoms with van der Waals surface area (Å²) in [6, 6.07) is 5.05. The van der Waals surface area contributed by atoms with E-state index in [0.717, 1.165) is 26.3 Å². The Morgan fingerprint density at radius 2 is 2.00 bits per heavy atom. The van der Waals surface area contributed by atoms with Crippen LogP contribution in [0.2, 0.25) is 10.0 Å². The average Bonchev–Trinajstić information content (AvgIpc) is 2.35. The van der Waals surface area contributed by atoms with E-state index in [4.69, 9.17) is 27.9 Å². The summed E-state index contributed by atoms with van der Waals surface area (Å²) in [7, 11) is 0. The Morgan fingerprint density at radius 3 is 2.67 bits per heavy atom. The zero-order valence-corrected chi connectivity index (χ0v) is 11.4. The van der Waals surface area contributed by atoms with Gasteiger partial charge in [0.15, 0.2) is 6.54 Å². The van der Waals surface area contributed by atoms with Gasteiger partial charge in [-0.15, -0.1) is 0 Å². The Labute approximate surface area is 116 Å². The molecule has 18 heavy (non-hydrogen) atoms. The zero-order chi connectivity index (χ0) is 13.0. The van der Waals surface area contributed by atoms with Crippen LogP contribution in [0.5, 0.6) is 0 Å². The third-order valence-electron chi connectivity index (χ3n) is 2.81. The summed E-state index contributed by atoms with van der Waals surface area (Å²) in [5, 5.41) is 3.73. The highest BCUT2D eigenvalue weighted by Gasteiger charge is 2.17. The summed E-state index contributed by atoms with van der Waals surface area (Å²) in [6.07, 6.45) is 0. The largest absolute Gasteiger partial charge is 0.370 e. The highest BCUT2D eigenvalue weighted by molar-refractivity contribution is 6.42. The number of morpholine rings is 1. The number of quaternary nitrogens is 1. The van der Waals surface area contributed by atoms with Crippen molar-refractivity contribution in [1.29, 1.82) is 0 Å². The number of anilines is 1. The molecule has 1 amide bonds. The van der Waals surface area contributed by atoms with Crippen LogP contribution in [0.15, 0.2) is 18.2 Å². The van der Waals surface area contributed by atoms with E-state index >= 15 is 0 Å². The van der Waals surface area contributed by atoms with E-state index < -0.39 is 0 Å². The normalized spacial score (nSPS) is 16.6. The van der Waals surface area contributed by atoms with Crippen LogP contribution in [0.3, 0.4) is 0 Å². The molecule has 4 nitrogen and oxygen atoms in total. The highest BCUT2D eigenvalue weighted by Crippen LogP contribution is 2.24. The van der Waals surface area contributed by atoms with Crippen molar-refractivity contribution in [3.8, 4) is 0 Å². The van der Waals surface area contributed by atoms with Gasteiger partial charge in [0.2, 0.25) is 0 Å². The standard InChI is InChI=1S/C12H14Cl2N2O2/c13-10-2-1-9(7-11(10)14)15-12(17)8-16-3-5-18-6-4-16/h1-2,7H,3-6,8H2,(H,15,17)/p+1. The van der Waals surface area contributed by atoms with Crippen LogP contribution in [0, 0.1) is 0 Å². The van der Waals surface area contributed by atoms with Gasteiger partial charge in [0, 0.05) is 5.69 Å². The Hall–Kier alpha value is -0.810. The maximum Gasteiger partial charge on any atom is 0.279 e. The van der Waals surface area contributed by atoms with Crippen molar-refractivity contribution in [2.75, 3.05) is 38.2 Å². The first-order valence-electron chi connectivity index (χ1n) is 5.81. The van der Waals surface area contributed by atoms with E-state index in [-0.39, 0.29) is 5.91 Å². The lowest BCUT2D eigenvalue weighted by molar-refractivity contribution is -0.899. The number of hydrogen-bond donors (Lipinski definition) is 2. The fraction of sp³-hybridized carbons (Fsp3) is 0.417. The third-order valence-corrected chi connectivity index (χ3v) is 3.55. The van der Waals surface area contributed by atoms with Gasteiger partial charge in [-0.1, -0.05) is 23.2 Å². The zero-order valence-electron chi connectivity index (χ0n) is 9.84. The number of benzene rings is 1. The quantitative estimate of drug-likeness (QED) is 0.866. The van der Waals surface area contributed by atoms with Crippen LogP contribution in [0.1, 0.15) is 0 Å². The Kier molecular flexibility index (Phi) is 4.83. The molecule has 2 rings (SSSR count). The van der Waals surface area contributed by atoms with E-state index in [1.54, 1.807) is 18.2 Å². The molecule has 1 heterocycles. The molecule has 98 valence electrons. The van der Waals surface area contributed by atoms with Crippen LogP contribution < -0.4 is 10.2 Å². The van der Waals surface area contributed by atoms with Gasteiger partial charge in [0.25, 0.3) is 5.91 Å². The van der Waals surface area contributed by atoms with Crippen LogP contribution in [-0.2, 0) is 9.53 Å². The smallest absolute Gasteiger partial charge is 0.279 e. The molecule has 1 saturated heterocycles. The summed E-state index contributed by atoms with van der Waals surface area (Å²) in [5.74, 6) is -0.0229. The van der Waals surface area contributed by atoms with E-state index in [1.165, 1.54) is 4.90 Å². The molecule has 1 aromatic carbocycles. The van der Waals surface area contributed by atoms with E-state index in [1.807, 2.05) is 0 Å². The molecule has 0 aliphatic carbocycles. The molecule has 6 heteroatoms. The first-order valence-corrected chi connectivity index (χ1v) is 6.57. The van der Waals surface area contributed by atoms with Crippen molar-refractivity contribution >= 4 is 34.8 Å². The number of ether oxygens (including phenoxy) is 1. The van der Waals surface area contributed by atoms with Gasteiger partial charge in [0.1, 0.15) is 13.1 Å². The lowest BCUT2D eigenvalue weighted by Gasteiger charge is -2.23. The Balaban J connectivity index is 1.88. The summed E-state index contributed by atoms with van der Waals surface area (Å²) in [4.78, 5) is 13.1. The van der Waals surface area contributed by atoms with Gasteiger partial charge >= 0.3 is 0 Å². The van der Waals surface area contributed by atoms with Crippen molar-refractivity contribution in [1.82, 2.24) is 0 Å². The Morgan fingerprint density at radius 1 is 1.28 bits per heavy atom. The first kappa shape index (κ1) is 13.6. The third kappa shape index (κ3) is 3.85. The van der Waals surface area contributed by atoms with Crippen molar-refractivity contribution in [2.45, 2.75) is 0 Å². The van der Waals surface area contributed by atoms with Gasteiger partial charge in [-0.3, -0.25) is 4.79 Å². The van der Waals surface area contributed by atoms with Crippen LogP contribution in [0.4, 0.5) is 5.69 Å². The van der Waals surface area contributed by atoms with E-state index in [9.17, 15) is 4.79 Å². The predicted octanol–water partition coefficient (Wildman–Crippen LogP) is 0.847. The SMILES string of the molecule is O=C(C[NH+]1CCOCC1)Nc1ccc(Cl)c(Cl)c1. The molecule has 1 fully saturated rings. The minimum Gasteiger partial charge on any atom is -0.370 e. The molecule has 2 N–H and O–H groups in total. The number of hydrogen-bond acceptors (Lipinski definition) is 2. The van der Waals surface area contributed by atoms with Crippen molar-refractivity contribution in [3.05, 3.63) is 28.2 Å². The molecular weight excluding hydrogens is 275 g/mol. The molecular formula is C12H15Cl2N2O2+. The molecule has 1 aromatic rings. The van der Waals surface area contributed by atoms with Gasteiger partial charge in [-0.05, 0) is 18.2 Å². The predicted molar refractivity (Wildman–Crippen MR) is 71.5 cm³/mol. The molecule has 1 aliphatic heterocycles. The number of halogens is 2. The minimum atomic E-state index is -0.0229. The van der Waals surface area contributed by atoms with Gasteiger partial charge in [-0.25, -0.2) is 0 Å². The topological polar surface area (TPSA) is 42.8 Å². The number of rotatable bonds is 3. The molecule has 1 aliphatic rings. The minimum absolute atomic E-state index is 0.0229. The molecule has 0 atom stereocenters. The summed E-state index contributed by atoms with van der Waals surface area (Å²) < 4.78 is 5.24. The van der Waals surface area contributed by atoms with Crippen molar-refractivity contribution < 1.29 is 14.4 Å². The second-order valence-corrected chi connectivity index (χ2v) is 5.03. The van der Waals surface area contributed by atoms with Gasteiger partial charge in [-0.2, -0.15) is 0 Å². The lowest BCUT2D eigenvalue weighted by Crippen LogP contribution is -3.15. The van der Waals surface area contributed by atoms with Gasteiger partial charge in [0.05, 0.1) is 23.3 Å². The van der Waals surface area contributed by atoms with Crippen molar-refractivity contribution in [3.63, 3.8) is 0 Å². The molecule has 0 aromatic heterocycles. The summed E-state index contributed by atoms with van der Waals surface area (Å²) in [6.45, 7) is 3.62.